The maximum Gasteiger partial charge on any atom is 0.409 e. The average Bonchev–Trinajstić information content (AvgIpc) is 2.84. The van der Waals surface area contributed by atoms with Crippen molar-refractivity contribution in [2.75, 3.05) is 52.2 Å². The molecule has 2 aliphatic rings. The van der Waals surface area contributed by atoms with E-state index in [1.165, 1.54) is 7.11 Å². The van der Waals surface area contributed by atoms with Gasteiger partial charge in [-0.1, -0.05) is 0 Å². The molecule has 0 spiro atoms. The van der Waals surface area contributed by atoms with E-state index >= 15 is 0 Å². The Kier molecular flexibility index (Phi) is 4.64. The van der Waals surface area contributed by atoms with Crippen molar-refractivity contribution in [1.82, 2.24) is 9.80 Å². The number of benzene rings is 1. The van der Waals surface area contributed by atoms with Gasteiger partial charge in [-0.3, -0.25) is 4.79 Å². The Morgan fingerprint density at radius 1 is 1.04 bits per heavy atom. The Hall–Kier alpha value is -2.64. The second-order valence-electron chi connectivity index (χ2n) is 5.69. The van der Waals surface area contributed by atoms with Gasteiger partial charge in [0.1, 0.15) is 0 Å². The average molecular weight is 335 g/mol. The van der Waals surface area contributed by atoms with Crippen LogP contribution in [0.4, 0.5) is 10.5 Å². The number of ether oxygens (including phenoxy) is 3. The molecule has 2 aliphatic heterocycles. The topological polar surface area (TPSA) is 94.3 Å². The summed E-state index contributed by atoms with van der Waals surface area (Å²) in [6.45, 7) is 2.84. The van der Waals surface area contributed by atoms with Crippen molar-refractivity contribution in [1.29, 1.82) is 0 Å². The lowest BCUT2D eigenvalue weighted by atomic mass is 10.1. The highest BCUT2D eigenvalue weighted by Gasteiger charge is 2.27. The Morgan fingerprint density at radius 3 is 2.25 bits per heavy atom. The molecule has 24 heavy (non-hydrogen) atoms. The molecule has 1 fully saturated rings. The monoisotopic (exact) mass is 335 g/mol. The zero-order valence-corrected chi connectivity index (χ0v) is 13.6. The third-order valence-corrected chi connectivity index (χ3v) is 4.15. The lowest BCUT2D eigenvalue weighted by Gasteiger charge is -2.34. The summed E-state index contributed by atoms with van der Waals surface area (Å²) in [6, 6.07) is 3.28. The van der Waals surface area contributed by atoms with Gasteiger partial charge in [0.05, 0.1) is 25.9 Å². The van der Waals surface area contributed by atoms with Gasteiger partial charge in [-0.15, -0.1) is 0 Å². The molecule has 0 atom stereocenters. The zero-order chi connectivity index (χ0) is 17.1. The van der Waals surface area contributed by atoms with Crippen LogP contribution in [0.5, 0.6) is 11.5 Å². The number of nitrogen functional groups attached to an aromatic ring is 1. The van der Waals surface area contributed by atoms with Crippen LogP contribution in [-0.2, 0) is 4.74 Å². The molecule has 130 valence electrons. The number of amides is 2. The molecule has 2 N–H and O–H groups in total. The molecular weight excluding hydrogens is 314 g/mol. The summed E-state index contributed by atoms with van der Waals surface area (Å²) in [5, 5.41) is 0. The van der Waals surface area contributed by atoms with Gasteiger partial charge < -0.3 is 29.7 Å². The van der Waals surface area contributed by atoms with E-state index in [9.17, 15) is 9.59 Å². The van der Waals surface area contributed by atoms with Crippen LogP contribution in [0.15, 0.2) is 12.1 Å². The zero-order valence-electron chi connectivity index (χ0n) is 13.6. The van der Waals surface area contributed by atoms with Crippen molar-refractivity contribution in [2.45, 2.75) is 6.42 Å². The number of fused-ring (bicyclic) bond motifs is 1. The second-order valence-corrected chi connectivity index (χ2v) is 5.69. The van der Waals surface area contributed by atoms with Crippen LogP contribution in [0, 0.1) is 0 Å². The first-order chi connectivity index (χ1) is 11.6. The van der Waals surface area contributed by atoms with Crippen LogP contribution in [0.1, 0.15) is 16.8 Å². The molecule has 0 aliphatic carbocycles. The third-order valence-electron chi connectivity index (χ3n) is 4.15. The molecule has 2 heterocycles. The first kappa shape index (κ1) is 16.2. The minimum absolute atomic E-state index is 0.173. The first-order valence-corrected chi connectivity index (χ1v) is 7.91. The largest absolute Gasteiger partial charge is 0.490 e. The van der Waals surface area contributed by atoms with E-state index in [0.717, 1.165) is 6.42 Å². The normalized spacial score (nSPS) is 17.2. The van der Waals surface area contributed by atoms with Crippen molar-refractivity contribution in [3.8, 4) is 11.5 Å². The van der Waals surface area contributed by atoms with Crippen LogP contribution in [-0.4, -0.2) is 68.3 Å². The Bertz CT molecular complexity index is 641. The predicted molar refractivity (Wildman–Crippen MR) is 86.3 cm³/mol. The fourth-order valence-electron chi connectivity index (χ4n) is 2.80. The van der Waals surface area contributed by atoms with E-state index in [1.807, 2.05) is 0 Å². The summed E-state index contributed by atoms with van der Waals surface area (Å²) in [6.07, 6.45) is 0.407. The number of anilines is 1. The molecule has 1 aromatic carbocycles. The molecule has 0 saturated carbocycles. The van der Waals surface area contributed by atoms with E-state index in [1.54, 1.807) is 21.9 Å². The number of piperazine rings is 1. The van der Waals surface area contributed by atoms with Gasteiger partial charge in [0.15, 0.2) is 11.5 Å². The summed E-state index contributed by atoms with van der Waals surface area (Å²) in [5.74, 6) is 0.933. The molecule has 1 aromatic rings. The molecule has 2 amide bonds. The van der Waals surface area contributed by atoms with E-state index in [4.69, 9.17) is 19.9 Å². The molecule has 0 bridgehead atoms. The smallest absolute Gasteiger partial charge is 0.409 e. The highest BCUT2D eigenvalue weighted by atomic mass is 16.5. The van der Waals surface area contributed by atoms with Crippen LogP contribution >= 0.6 is 0 Å². The van der Waals surface area contributed by atoms with Crippen molar-refractivity contribution < 1.29 is 23.8 Å². The molecule has 8 nitrogen and oxygen atoms in total. The second kappa shape index (κ2) is 6.86. The van der Waals surface area contributed by atoms with Gasteiger partial charge in [-0.25, -0.2) is 4.79 Å². The number of methoxy groups -OCH3 is 1. The molecule has 3 rings (SSSR count). The minimum atomic E-state index is -0.378. The summed E-state index contributed by atoms with van der Waals surface area (Å²) in [4.78, 5) is 27.5. The maximum atomic E-state index is 12.8. The van der Waals surface area contributed by atoms with Crippen LogP contribution in [0.25, 0.3) is 0 Å². The number of nitrogens with two attached hydrogens (primary N) is 1. The van der Waals surface area contributed by atoms with Crippen LogP contribution < -0.4 is 15.2 Å². The fourth-order valence-corrected chi connectivity index (χ4v) is 2.80. The highest BCUT2D eigenvalue weighted by molar-refractivity contribution is 6.00. The Labute approximate surface area is 140 Å². The number of hydrogen-bond donors (Lipinski definition) is 1. The van der Waals surface area contributed by atoms with E-state index in [0.29, 0.717) is 62.1 Å². The molecule has 1 saturated heterocycles. The molecule has 0 aromatic heterocycles. The van der Waals surface area contributed by atoms with Crippen molar-refractivity contribution in [3.05, 3.63) is 17.7 Å². The summed E-state index contributed by atoms with van der Waals surface area (Å²) in [7, 11) is 1.35. The predicted octanol–water partition coefficient (Wildman–Crippen LogP) is 0.954. The quantitative estimate of drug-likeness (QED) is 0.768. The number of nitrogens with zero attached hydrogens (tertiary/aromatic N) is 2. The van der Waals surface area contributed by atoms with Crippen molar-refractivity contribution in [3.63, 3.8) is 0 Å². The number of carbonyl (C=O) groups excluding carboxylic acids is 2. The van der Waals surface area contributed by atoms with Gasteiger partial charge in [-0.2, -0.15) is 0 Å². The molecular formula is C16H21N3O5. The van der Waals surface area contributed by atoms with Crippen molar-refractivity contribution >= 4 is 17.7 Å². The summed E-state index contributed by atoms with van der Waals surface area (Å²) in [5.41, 5.74) is 6.79. The van der Waals surface area contributed by atoms with Gasteiger partial charge in [0.25, 0.3) is 5.91 Å². The lowest BCUT2D eigenvalue weighted by Crippen LogP contribution is -2.50. The molecule has 0 unspecified atom stereocenters. The SMILES string of the molecule is COC(=O)N1CCN(C(=O)c2cc3c(cc2N)OCCCO3)CC1. The van der Waals surface area contributed by atoms with Crippen LogP contribution in [0.3, 0.4) is 0 Å². The third kappa shape index (κ3) is 3.17. The van der Waals surface area contributed by atoms with Crippen molar-refractivity contribution in [2.24, 2.45) is 0 Å². The summed E-state index contributed by atoms with van der Waals surface area (Å²) < 4.78 is 15.9. The highest BCUT2D eigenvalue weighted by Crippen LogP contribution is 2.34. The molecule has 8 heteroatoms. The minimum Gasteiger partial charge on any atom is -0.490 e. The van der Waals surface area contributed by atoms with Gasteiger partial charge in [-0.05, 0) is 6.07 Å². The van der Waals surface area contributed by atoms with E-state index < -0.39 is 0 Å². The van der Waals surface area contributed by atoms with Crippen LogP contribution in [0.2, 0.25) is 0 Å². The number of rotatable bonds is 1. The summed E-state index contributed by atoms with van der Waals surface area (Å²) >= 11 is 0. The maximum absolute atomic E-state index is 12.8. The lowest BCUT2D eigenvalue weighted by molar-refractivity contribution is 0.0600. The standard InChI is InChI=1S/C16H21N3O5/c1-22-16(21)19-5-3-18(4-6-19)15(20)11-9-13-14(10-12(11)17)24-8-2-7-23-13/h9-10H,2-8,17H2,1H3. The van der Waals surface area contributed by atoms with E-state index in [-0.39, 0.29) is 12.0 Å². The Morgan fingerprint density at radius 2 is 1.62 bits per heavy atom. The number of carbonyl (C=O) groups is 2. The van der Waals surface area contributed by atoms with Gasteiger partial charge >= 0.3 is 6.09 Å². The fraction of sp³-hybridized carbons (Fsp3) is 0.500. The van der Waals surface area contributed by atoms with Gasteiger partial charge in [0, 0.05) is 44.4 Å². The first-order valence-electron chi connectivity index (χ1n) is 7.91. The van der Waals surface area contributed by atoms with Gasteiger partial charge in [0.2, 0.25) is 0 Å². The van der Waals surface area contributed by atoms with E-state index in [2.05, 4.69) is 0 Å². The number of hydrogen-bond acceptors (Lipinski definition) is 6. The molecule has 0 radical (unpaired) electrons. The Balaban J connectivity index is 1.74.